The molecule has 1 amide bonds. The molecular formula is C21H20BrClN4O2. The molecule has 1 heterocycles. The molecule has 1 unspecified atom stereocenters. The van der Waals surface area contributed by atoms with Gasteiger partial charge in [-0.25, -0.2) is 9.97 Å². The lowest BCUT2D eigenvalue weighted by atomic mass is 10.2. The van der Waals surface area contributed by atoms with Crippen LogP contribution < -0.4 is 15.4 Å². The van der Waals surface area contributed by atoms with Crippen LogP contribution >= 0.6 is 27.5 Å². The molecule has 3 aromatic rings. The number of anilines is 3. The lowest BCUT2D eigenvalue weighted by Crippen LogP contribution is -2.30. The van der Waals surface area contributed by atoms with Crippen molar-refractivity contribution in [2.75, 3.05) is 10.6 Å². The fourth-order valence-corrected chi connectivity index (χ4v) is 3.38. The summed E-state index contributed by atoms with van der Waals surface area (Å²) in [7, 11) is 0. The number of amides is 1. The molecule has 3 rings (SSSR count). The first-order chi connectivity index (χ1) is 13.8. The largest absolute Gasteiger partial charge is 0.480 e. The van der Waals surface area contributed by atoms with E-state index in [0.29, 0.717) is 26.9 Å². The molecule has 0 saturated carbocycles. The van der Waals surface area contributed by atoms with Crippen LogP contribution in [0.15, 0.2) is 53.0 Å². The molecule has 2 N–H and O–H groups in total. The van der Waals surface area contributed by atoms with Gasteiger partial charge in [-0.3, -0.25) is 4.79 Å². The Morgan fingerprint density at radius 2 is 1.66 bits per heavy atom. The van der Waals surface area contributed by atoms with E-state index in [9.17, 15) is 4.79 Å². The molecule has 1 aromatic heterocycles. The highest BCUT2D eigenvalue weighted by Crippen LogP contribution is 2.29. The van der Waals surface area contributed by atoms with Gasteiger partial charge in [0.15, 0.2) is 6.10 Å². The summed E-state index contributed by atoms with van der Waals surface area (Å²) in [5.74, 6) is 0.824. The molecule has 8 heteroatoms. The number of nitrogens with one attached hydrogen (secondary N) is 2. The summed E-state index contributed by atoms with van der Waals surface area (Å²) in [6.45, 7) is 5.53. The molecule has 1 atom stereocenters. The van der Waals surface area contributed by atoms with E-state index in [1.165, 1.54) is 0 Å². The predicted octanol–water partition coefficient (Wildman–Crippen LogP) is 5.66. The lowest BCUT2D eigenvalue weighted by Gasteiger charge is -2.16. The van der Waals surface area contributed by atoms with Gasteiger partial charge < -0.3 is 15.4 Å². The summed E-state index contributed by atoms with van der Waals surface area (Å²) in [6.07, 6.45) is -0.686. The molecule has 0 fully saturated rings. The van der Waals surface area contributed by atoms with Gasteiger partial charge >= 0.3 is 0 Å². The van der Waals surface area contributed by atoms with Crippen molar-refractivity contribution in [2.24, 2.45) is 0 Å². The third-order valence-electron chi connectivity index (χ3n) is 3.96. The van der Waals surface area contributed by atoms with E-state index in [-0.39, 0.29) is 5.91 Å². The lowest BCUT2D eigenvalue weighted by molar-refractivity contribution is -0.122. The van der Waals surface area contributed by atoms with Crippen LogP contribution in [-0.2, 0) is 4.79 Å². The smallest absolute Gasteiger partial charge is 0.265 e. The standard InChI is InChI=1S/C21H20BrClN4O2/c1-12-10-13(2)25-21(24-12)27-17-7-5-16(6-8-17)26-20(28)14(3)29-19-9-4-15(23)11-18(19)22/h4-11,14H,1-3H3,(H,26,28)(H,24,25,27). The Balaban J connectivity index is 1.60. The molecule has 0 aliphatic rings. The molecule has 0 aliphatic carbocycles. The van der Waals surface area contributed by atoms with Crippen LogP contribution in [0.3, 0.4) is 0 Å². The average molecular weight is 476 g/mol. The van der Waals surface area contributed by atoms with E-state index in [2.05, 4.69) is 36.5 Å². The van der Waals surface area contributed by atoms with Crippen molar-refractivity contribution in [3.63, 3.8) is 0 Å². The summed E-state index contributed by atoms with van der Waals surface area (Å²) >= 11 is 9.30. The van der Waals surface area contributed by atoms with Crippen molar-refractivity contribution in [3.05, 3.63) is 69.4 Å². The maximum absolute atomic E-state index is 12.4. The monoisotopic (exact) mass is 474 g/mol. The second-order valence-corrected chi connectivity index (χ2v) is 7.79. The number of halogens is 2. The third-order valence-corrected chi connectivity index (χ3v) is 4.81. The summed E-state index contributed by atoms with van der Waals surface area (Å²) in [5.41, 5.74) is 3.27. The van der Waals surface area contributed by atoms with Gasteiger partial charge in [0, 0.05) is 27.8 Å². The molecule has 150 valence electrons. The second kappa shape index (κ2) is 9.24. The van der Waals surface area contributed by atoms with Gasteiger partial charge in [-0.1, -0.05) is 11.6 Å². The Kier molecular flexibility index (Phi) is 6.71. The van der Waals surface area contributed by atoms with Crippen molar-refractivity contribution < 1.29 is 9.53 Å². The Morgan fingerprint density at radius 3 is 2.28 bits per heavy atom. The molecule has 0 aliphatic heterocycles. The Labute approximate surface area is 182 Å². The first-order valence-electron chi connectivity index (χ1n) is 8.92. The minimum atomic E-state index is -0.686. The number of hydrogen-bond donors (Lipinski definition) is 2. The van der Waals surface area contributed by atoms with Crippen molar-refractivity contribution in [1.82, 2.24) is 9.97 Å². The maximum Gasteiger partial charge on any atom is 0.265 e. The average Bonchev–Trinajstić information content (AvgIpc) is 2.64. The van der Waals surface area contributed by atoms with E-state index in [1.54, 1.807) is 37.3 Å². The maximum atomic E-state index is 12.4. The summed E-state index contributed by atoms with van der Waals surface area (Å²) in [4.78, 5) is 21.1. The molecule has 0 saturated heterocycles. The summed E-state index contributed by atoms with van der Waals surface area (Å²) in [5, 5.41) is 6.58. The van der Waals surface area contributed by atoms with Crippen molar-refractivity contribution in [2.45, 2.75) is 26.9 Å². The fourth-order valence-electron chi connectivity index (χ4n) is 2.61. The van der Waals surface area contributed by atoms with Crippen LogP contribution in [0.2, 0.25) is 5.02 Å². The quantitative estimate of drug-likeness (QED) is 0.481. The second-order valence-electron chi connectivity index (χ2n) is 6.50. The molecule has 0 radical (unpaired) electrons. The first-order valence-corrected chi connectivity index (χ1v) is 10.1. The van der Waals surface area contributed by atoms with Crippen LogP contribution in [0.5, 0.6) is 5.75 Å². The highest BCUT2D eigenvalue weighted by atomic mass is 79.9. The Hall–Kier alpha value is -2.64. The van der Waals surface area contributed by atoms with Crippen molar-refractivity contribution in [1.29, 1.82) is 0 Å². The predicted molar refractivity (Wildman–Crippen MR) is 119 cm³/mol. The highest BCUT2D eigenvalue weighted by molar-refractivity contribution is 9.10. The van der Waals surface area contributed by atoms with E-state index < -0.39 is 6.10 Å². The molecule has 0 spiro atoms. The summed E-state index contributed by atoms with van der Waals surface area (Å²) in [6, 6.07) is 14.3. The highest BCUT2D eigenvalue weighted by Gasteiger charge is 2.16. The van der Waals surface area contributed by atoms with Gasteiger partial charge in [-0.2, -0.15) is 0 Å². The zero-order valence-electron chi connectivity index (χ0n) is 16.2. The van der Waals surface area contributed by atoms with Gasteiger partial charge in [-0.05, 0) is 85.2 Å². The number of ether oxygens (including phenoxy) is 1. The molecule has 2 aromatic carbocycles. The van der Waals surface area contributed by atoms with E-state index >= 15 is 0 Å². The number of nitrogens with zero attached hydrogens (tertiary/aromatic N) is 2. The Bertz CT molecular complexity index is 1010. The van der Waals surface area contributed by atoms with Gasteiger partial charge in [0.25, 0.3) is 5.91 Å². The molecular weight excluding hydrogens is 456 g/mol. The minimum absolute atomic E-state index is 0.259. The van der Waals surface area contributed by atoms with E-state index in [4.69, 9.17) is 16.3 Å². The zero-order chi connectivity index (χ0) is 21.0. The number of carbonyl (C=O) groups is 1. The minimum Gasteiger partial charge on any atom is -0.480 e. The van der Waals surface area contributed by atoms with Crippen LogP contribution in [0.1, 0.15) is 18.3 Å². The number of aryl methyl sites for hydroxylation is 2. The number of benzene rings is 2. The third kappa shape index (κ3) is 5.92. The van der Waals surface area contributed by atoms with Gasteiger partial charge in [0.2, 0.25) is 5.95 Å². The Morgan fingerprint density at radius 1 is 1.03 bits per heavy atom. The number of rotatable bonds is 6. The van der Waals surface area contributed by atoms with Crippen molar-refractivity contribution in [3.8, 4) is 5.75 Å². The fraction of sp³-hybridized carbons (Fsp3) is 0.190. The molecule has 0 bridgehead atoms. The number of hydrogen-bond acceptors (Lipinski definition) is 5. The number of carbonyl (C=O) groups excluding carboxylic acids is 1. The van der Waals surface area contributed by atoms with E-state index in [1.807, 2.05) is 32.0 Å². The van der Waals surface area contributed by atoms with E-state index in [0.717, 1.165) is 17.1 Å². The van der Waals surface area contributed by atoms with Crippen LogP contribution in [0.4, 0.5) is 17.3 Å². The SMILES string of the molecule is Cc1cc(C)nc(Nc2ccc(NC(=O)C(C)Oc3ccc(Cl)cc3Br)cc2)n1. The van der Waals surface area contributed by atoms with Gasteiger partial charge in [-0.15, -0.1) is 0 Å². The molecule has 29 heavy (non-hydrogen) atoms. The topological polar surface area (TPSA) is 76.1 Å². The first kappa shape index (κ1) is 21.1. The van der Waals surface area contributed by atoms with Gasteiger partial charge in [0.1, 0.15) is 5.75 Å². The molecule has 6 nitrogen and oxygen atoms in total. The van der Waals surface area contributed by atoms with Crippen LogP contribution in [0, 0.1) is 13.8 Å². The zero-order valence-corrected chi connectivity index (χ0v) is 18.5. The van der Waals surface area contributed by atoms with Crippen molar-refractivity contribution >= 4 is 50.8 Å². The van der Waals surface area contributed by atoms with Crippen LogP contribution in [0.25, 0.3) is 0 Å². The normalized spacial score (nSPS) is 11.6. The van der Waals surface area contributed by atoms with Crippen LogP contribution in [-0.4, -0.2) is 22.0 Å². The number of aromatic nitrogens is 2. The summed E-state index contributed by atoms with van der Waals surface area (Å²) < 4.78 is 6.40. The van der Waals surface area contributed by atoms with Gasteiger partial charge in [0.05, 0.1) is 4.47 Å².